The number of aromatic nitrogens is 2. The van der Waals surface area contributed by atoms with Crippen LogP contribution in [0.15, 0.2) is 230 Å². The molecule has 0 saturated heterocycles. The molecule has 56 heavy (non-hydrogen) atoms. The largest absolute Gasteiger partial charge is 0.256 e. The molecule has 0 saturated carbocycles. The fourth-order valence-electron chi connectivity index (χ4n) is 7.10. The Bertz CT molecular complexity index is 2700. The Kier molecular flexibility index (Phi) is 9.71. The third-order valence-corrected chi connectivity index (χ3v) is 9.92. The van der Waals surface area contributed by atoms with Gasteiger partial charge in [-0.2, -0.15) is 0 Å². The van der Waals surface area contributed by atoms with Gasteiger partial charge in [-0.3, -0.25) is 4.98 Å². The van der Waals surface area contributed by atoms with Gasteiger partial charge in [0.2, 0.25) is 0 Å². The van der Waals surface area contributed by atoms with E-state index < -0.39 is 0 Å². The maximum atomic E-state index is 5.47. The van der Waals surface area contributed by atoms with Crippen molar-refractivity contribution in [2.75, 3.05) is 0 Å². The molecule has 0 aliphatic rings. The predicted molar refractivity (Wildman–Crippen MR) is 233 cm³/mol. The zero-order valence-corrected chi connectivity index (χ0v) is 30.7. The van der Waals surface area contributed by atoms with Crippen molar-refractivity contribution in [3.05, 3.63) is 236 Å². The summed E-state index contributed by atoms with van der Waals surface area (Å²) in [6.45, 7) is 0. The molecule has 0 atom stereocenters. The Morgan fingerprint density at radius 3 is 1.34 bits per heavy atom. The van der Waals surface area contributed by atoms with Crippen molar-refractivity contribution in [2.45, 2.75) is 0 Å². The van der Waals surface area contributed by atoms with E-state index in [1.54, 1.807) is 0 Å². The minimum atomic E-state index is 0.757. The normalized spacial score (nSPS) is 11.3. The highest BCUT2D eigenvalue weighted by molar-refractivity contribution is 6.13. The van der Waals surface area contributed by atoms with Crippen LogP contribution in [0.4, 0.5) is 5.69 Å². The van der Waals surface area contributed by atoms with Gasteiger partial charge < -0.3 is 0 Å². The lowest BCUT2D eigenvalue weighted by Crippen LogP contribution is -2.07. The average molecular weight is 716 g/mol. The average Bonchev–Trinajstić information content (AvgIpc) is 3.29. The van der Waals surface area contributed by atoms with Crippen molar-refractivity contribution < 1.29 is 0 Å². The molecule has 0 amide bonds. The Labute approximate surface area is 328 Å². The minimum Gasteiger partial charge on any atom is -0.256 e. The summed E-state index contributed by atoms with van der Waals surface area (Å²) in [5, 5.41) is 0. The van der Waals surface area contributed by atoms with Gasteiger partial charge in [0.05, 0.1) is 28.5 Å². The third-order valence-electron chi connectivity index (χ3n) is 9.92. The molecule has 0 aliphatic heterocycles. The Morgan fingerprint density at radius 2 is 0.768 bits per heavy atom. The molecule has 0 bridgehead atoms. The van der Waals surface area contributed by atoms with E-state index in [4.69, 9.17) is 15.0 Å². The Balaban J connectivity index is 1.28. The maximum Gasteiger partial charge on any atom is 0.0966 e. The summed E-state index contributed by atoms with van der Waals surface area (Å²) in [5.41, 5.74) is 16.0. The molecule has 0 unspecified atom stereocenters. The first-order valence-electron chi connectivity index (χ1n) is 18.8. The van der Waals surface area contributed by atoms with E-state index in [1.807, 2.05) is 24.4 Å². The Hall–Kier alpha value is -7.49. The van der Waals surface area contributed by atoms with Crippen molar-refractivity contribution in [1.29, 1.82) is 0 Å². The van der Waals surface area contributed by atoms with E-state index in [0.29, 0.717) is 0 Å². The van der Waals surface area contributed by atoms with Crippen LogP contribution < -0.4 is 0 Å². The molecule has 9 rings (SSSR count). The van der Waals surface area contributed by atoms with Crippen LogP contribution >= 0.6 is 0 Å². The summed E-state index contributed by atoms with van der Waals surface area (Å²) in [7, 11) is 0. The van der Waals surface area contributed by atoms with Gasteiger partial charge in [-0.25, -0.2) is 9.98 Å². The van der Waals surface area contributed by atoms with Gasteiger partial charge in [-0.1, -0.05) is 164 Å². The van der Waals surface area contributed by atoms with Crippen LogP contribution in [-0.2, 0) is 0 Å². The molecule has 0 fully saturated rings. The van der Waals surface area contributed by atoms with Crippen LogP contribution in [0.1, 0.15) is 11.3 Å². The quantitative estimate of drug-likeness (QED) is 0.140. The highest BCUT2D eigenvalue weighted by Gasteiger charge is 2.17. The molecule has 7 aromatic carbocycles. The van der Waals surface area contributed by atoms with Gasteiger partial charge in [0, 0.05) is 22.9 Å². The number of aliphatic imine (C=N–C) groups is 1. The second-order valence-corrected chi connectivity index (χ2v) is 13.7. The number of benzene rings is 7. The Morgan fingerprint density at radius 1 is 0.321 bits per heavy atom. The minimum absolute atomic E-state index is 0.757. The van der Waals surface area contributed by atoms with Crippen LogP contribution in [0.2, 0.25) is 0 Å². The molecule has 0 N–H and O–H groups in total. The standard InChI is InChI=1S/C53H37N3/c1-6-17-38(18-7-1)43-27-16-28-49(34-43)55-53(42-25-14-5-15-26-42)52-37-48(50-35-44(29-30-54-50)39-19-8-2-9-20-39)36-51(56-52)47-32-45(40-21-10-3-11-22-40)31-46(33-47)41-23-12-4-13-24-41/h1-37H. The SMILES string of the molecule is c1ccc(C(=Nc2cccc(-c3ccccc3)c2)c2cc(-c3cc(-c4ccccc4)ccn3)cc(-c3cc(-c4ccccc4)cc(-c4ccccc4)c3)n2)cc1. The van der Waals surface area contributed by atoms with Gasteiger partial charge in [0.1, 0.15) is 0 Å². The molecular formula is C53H37N3. The zero-order valence-electron chi connectivity index (χ0n) is 30.7. The molecule has 3 heteroatoms. The first kappa shape index (κ1) is 34.3. The summed E-state index contributed by atoms with van der Waals surface area (Å²) >= 11 is 0. The van der Waals surface area contributed by atoms with Crippen molar-refractivity contribution in [3.8, 4) is 67.0 Å². The second kappa shape index (κ2) is 15.9. The van der Waals surface area contributed by atoms with Gasteiger partial charge in [-0.05, 0) is 99.1 Å². The molecule has 0 aliphatic carbocycles. The van der Waals surface area contributed by atoms with Gasteiger partial charge in [0.25, 0.3) is 0 Å². The van der Waals surface area contributed by atoms with E-state index in [-0.39, 0.29) is 0 Å². The summed E-state index contributed by atoms with van der Waals surface area (Å²) in [6.07, 6.45) is 1.89. The van der Waals surface area contributed by atoms with Gasteiger partial charge >= 0.3 is 0 Å². The van der Waals surface area contributed by atoms with Crippen molar-refractivity contribution in [1.82, 2.24) is 9.97 Å². The topological polar surface area (TPSA) is 38.1 Å². The van der Waals surface area contributed by atoms with E-state index in [9.17, 15) is 0 Å². The lowest BCUT2D eigenvalue weighted by atomic mass is 9.93. The molecular weight excluding hydrogens is 679 g/mol. The molecule has 2 aromatic heterocycles. The fraction of sp³-hybridized carbons (Fsp3) is 0. The van der Waals surface area contributed by atoms with Crippen molar-refractivity contribution in [2.24, 2.45) is 4.99 Å². The van der Waals surface area contributed by atoms with Gasteiger partial charge in [0.15, 0.2) is 0 Å². The molecule has 0 radical (unpaired) electrons. The highest BCUT2D eigenvalue weighted by atomic mass is 14.8. The van der Waals surface area contributed by atoms with Crippen LogP contribution in [0.3, 0.4) is 0 Å². The predicted octanol–water partition coefficient (Wildman–Crippen LogP) is 13.6. The lowest BCUT2D eigenvalue weighted by molar-refractivity contribution is 1.26. The summed E-state index contributed by atoms with van der Waals surface area (Å²) in [6, 6.07) is 76.0. The number of pyridine rings is 2. The van der Waals surface area contributed by atoms with E-state index in [0.717, 1.165) is 89.7 Å². The number of rotatable bonds is 9. The first-order chi connectivity index (χ1) is 27.7. The maximum absolute atomic E-state index is 5.47. The van der Waals surface area contributed by atoms with E-state index >= 15 is 0 Å². The van der Waals surface area contributed by atoms with Crippen LogP contribution in [0.25, 0.3) is 67.0 Å². The molecule has 264 valence electrons. The smallest absolute Gasteiger partial charge is 0.0966 e. The molecule has 3 nitrogen and oxygen atoms in total. The molecule has 2 heterocycles. The fourth-order valence-corrected chi connectivity index (χ4v) is 7.10. The van der Waals surface area contributed by atoms with Gasteiger partial charge in [-0.15, -0.1) is 0 Å². The van der Waals surface area contributed by atoms with E-state index in [1.165, 1.54) is 0 Å². The zero-order chi connectivity index (χ0) is 37.5. The lowest BCUT2D eigenvalue weighted by Gasteiger charge is -2.15. The molecule has 0 spiro atoms. The summed E-state index contributed by atoms with van der Waals surface area (Å²) in [4.78, 5) is 15.8. The van der Waals surface area contributed by atoms with Crippen LogP contribution in [0, 0.1) is 0 Å². The highest BCUT2D eigenvalue weighted by Crippen LogP contribution is 2.35. The van der Waals surface area contributed by atoms with Crippen LogP contribution in [-0.4, -0.2) is 15.7 Å². The first-order valence-corrected chi connectivity index (χ1v) is 18.8. The van der Waals surface area contributed by atoms with E-state index in [2.05, 4.69) is 200 Å². The number of hydrogen-bond acceptors (Lipinski definition) is 3. The summed E-state index contributed by atoms with van der Waals surface area (Å²) < 4.78 is 0. The molecule has 9 aromatic rings. The summed E-state index contributed by atoms with van der Waals surface area (Å²) in [5.74, 6) is 0. The monoisotopic (exact) mass is 715 g/mol. The van der Waals surface area contributed by atoms with Crippen molar-refractivity contribution in [3.63, 3.8) is 0 Å². The van der Waals surface area contributed by atoms with Crippen molar-refractivity contribution >= 4 is 11.4 Å². The number of hydrogen-bond donors (Lipinski definition) is 0. The second-order valence-electron chi connectivity index (χ2n) is 13.7. The number of nitrogens with zero attached hydrogens (tertiary/aromatic N) is 3. The van der Waals surface area contributed by atoms with Crippen LogP contribution in [0.5, 0.6) is 0 Å². The third kappa shape index (κ3) is 7.61.